The molecule has 4 atom stereocenters. The van der Waals surface area contributed by atoms with Crippen molar-refractivity contribution in [3.05, 3.63) is 0 Å². The second-order valence-electron chi connectivity index (χ2n) is 7.61. The van der Waals surface area contributed by atoms with Gasteiger partial charge in [0.2, 0.25) is 0 Å². The Balaban J connectivity index is 1.89. The molecule has 0 radical (unpaired) electrons. The van der Waals surface area contributed by atoms with Gasteiger partial charge in [-0.2, -0.15) is 0 Å². The first-order valence-corrected chi connectivity index (χ1v) is 8.92. The number of rotatable bonds is 4. The fourth-order valence-electron chi connectivity index (χ4n) is 4.75. The van der Waals surface area contributed by atoms with Crippen LogP contribution in [0.4, 0.5) is 0 Å². The highest BCUT2D eigenvalue weighted by Gasteiger charge is 2.32. The Morgan fingerprint density at radius 2 is 1.53 bits per heavy atom. The Labute approximate surface area is 120 Å². The lowest BCUT2D eigenvalue weighted by Crippen LogP contribution is -2.34. The summed E-state index contributed by atoms with van der Waals surface area (Å²) in [5.74, 6) is 3.99. The van der Waals surface area contributed by atoms with Gasteiger partial charge in [-0.05, 0) is 68.7 Å². The summed E-state index contributed by atoms with van der Waals surface area (Å²) >= 11 is 0. The predicted molar refractivity (Wildman–Crippen MR) is 84.3 cm³/mol. The van der Waals surface area contributed by atoms with Gasteiger partial charge in [-0.3, -0.25) is 0 Å². The second kappa shape index (κ2) is 7.67. The van der Waals surface area contributed by atoms with Crippen molar-refractivity contribution in [2.75, 3.05) is 6.54 Å². The molecule has 0 saturated heterocycles. The molecule has 2 rings (SSSR count). The summed E-state index contributed by atoms with van der Waals surface area (Å²) in [7, 11) is 0. The molecule has 4 unspecified atom stereocenters. The molecule has 0 aromatic carbocycles. The third-order valence-electron chi connectivity index (χ3n) is 5.53. The summed E-state index contributed by atoms with van der Waals surface area (Å²) in [5.41, 5.74) is 0. The van der Waals surface area contributed by atoms with Crippen molar-refractivity contribution in [3.8, 4) is 0 Å². The van der Waals surface area contributed by atoms with E-state index in [0.29, 0.717) is 0 Å². The van der Waals surface area contributed by atoms with Crippen LogP contribution in [0, 0.1) is 23.7 Å². The van der Waals surface area contributed by atoms with Crippen molar-refractivity contribution in [2.45, 2.75) is 84.6 Å². The normalized spacial score (nSPS) is 40.9. The lowest BCUT2D eigenvalue weighted by molar-refractivity contribution is 0.143. The molecule has 2 fully saturated rings. The molecule has 0 heterocycles. The Kier molecular flexibility index (Phi) is 6.19. The molecule has 0 bridgehead atoms. The van der Waals surface area contributed by atoms with Gasteiger partial charge in [-0.1, -0.05) is 40.0 Å². The molecule has 2 aliphatic carbocycles. The van der Waals surface area contributed by atoms with Crippen molar-refractivity contribution in [2.24, 2.45) is 23.7 Å². The van der Waals surface area contributed by atoms with Gasteiger partial charge in [0.05, 0.1) is 0 Å². The standard InChI is InChI=1S/C18H35N/c1-4-9-19-18-8-6-5-7-16(13-18)17-11-14(2)10-15(3)12-17/h14-19H,4-13H2,1-3H3. The topological polar surface area (TPSA) is 12.0 Å². The van der Waals surface area contributed by atoms with Crippen LogP contribution < -0.4 is 5.32 Å². The summed E-state index contributed by atoms with van der Waals surface area (Å²) in [5, 5.41) is 3.80. The van der Waals surface area contributed by atoms with Gasteiger partial charge in [-0.25, -0.2) is 0 Å². The average molecular weight is 265 g/mol. The van der Waals surface area contributed by atoms with Crippen LogP contribution in [0.15, 0.2) is 0 Å². The summed E-state index contributed by atoms with van der Waals surface area (Å²) in [6.45, 7) is 8.46. The fourth-order valence-corrected chi connectivity index (χ4v) is 4.75. The van der Waals surface area contributed by atoms with Gasteiger partial charge in [0.25, 0.3) is 0 Å². The van der Waals surface area contributed by atoms with Crippen molar-refractivity contribution < 1.29 is 0 Å². The van der Waals surface area contributed by atoms with E-state index in [1.165, 1.54) is 64.3 Å². The highest BCUT2D eigenvalue weighted by Crippen LogP contribution is 2.41. The van der Waals surface area contributed by atoms with Crippen molar-refractivity contribution in [3.63, 3.8) is 0 Å². The van der Waals surface area contributed by atoms with Crippen LogP contribution >= 0.6 is 0 Å². The van der Waals surface area contributed by atoms with Gasteiger partial charge in [0.15, 0.2) is 0 Å². The molecule has 1 nitrogen and oxygen atoms in total. The summed E-state index contributed by atoms with van der Waals surface area (Å²) in [4.78, 5) is 0. The van der Waals surface area contributed by atoms with E-state index >= 15 is 0 Å². The first-order chi connectivity index (χ1) is 9.19. The zero-order chi connectivity index (χ0) is 13.7. The summed E-state index contributed by atoms with van der Waals surface area (Å²) < 4.78 is 0. The number of hydrogen-bond acceptors (Lipinski definition) is 1. The molecule has 1 N–H and O–H groups in total. The van der Waals surface area contributed by atoms with E-state index < -0.39 is 0 Å². The molecule has 0 spiro atoms. The molecule has 0 amide bonds. The third kappa shape index (κ3) is 4.77. The zero-order valence-corrected chi connectivity index (χ0v) is 13.5. The lowest BCUT2D eigenvalue weighted by Gasteiger charge is -2.37. The maximum Gasteiger partial charge on any atom is 0.00698 e. The molecule has 1 heteroatoms. The van der Waals surface area contributed by atoms with Crippen LogP contribution in [-0.4, -0.2) is 12.6 Å². The fraction of sp³-hybridized carbons (Fsp3) is 1.00. The molecule has 2 aliphatic rings. The largest absolute Gasteiger partial charge is 0.314 e. The van der Waals surface area contributed by atoms with E-state index in [9.17, 15) is 0 Å². The van der Waals surface area contributed by atoms with E-state index in [4.69, 9.17) is 0 Å². The molecule has 0 aromatic heterocycles. The van der Waals surface area contributed by atoms with Crippen molar-refractivity contribution >= 4 is 0 Å². The third-order valence-corrected chi connectivity index (χ3v) is 5.53. The quantitative estimate of drug-likeness (QED) is 0.705. The molecular weight excluding hydrogens is 230 g/mol. The van der Waals surface area contributed by atoms with Crippen LogP contribution in [0.5, 0.6) is 0 Å². The van der Waals surface area contributed by atoms with Gasteiger partial charge < -0.3 is 5.32 Å². The van der Waals surface area contributed by atoms with Crippen LogP contribution in [0.25, 0.3) is 0 Å². The van der Waals surface area contributed by atoms with E-state index in [2.05, 4.69) is 26.1 Å². The second-order valence-corrected chi connectivity index (χ2v) is 7.61. The summed E-state index contributed by atoms with van der Waals surface area (Å²) in [6, 6.07) is 0.819. The smallest absolute Gasteiger partial charge is 0.00698 e. The Hall–Kier alpha value is -0.0400. The predicted octanol–water partition coefficient (Wildman–Crippen LogP) is 5.01. The zero-order valence-electron chi connectivity index (χ0n) is 13.5. The molecule has 0 aliphatic heterocycles. The van der Waals surface area contributed by atoms with Crippen LogP contribution in [0.3, 0.4) is 0 Å². The Morgan fingerprint density at radius 3 is 2.21 bits per heavy atom. The van der Waals surface area contributed by atoms with Crippen LogP contribution in [0.1, 0.15) is 78.6 Å². The van der Waals surface area contributed by atoms with Gasteiger partial charge in [-0.15, -0.1) is 0 Å². The first kappa shape index (κ1) is 15.4. The highest BCUT2D eigenvalue weighted by molar-refractivity contribution is 4.84. The Morgan fingerprint density at radius 1 is 0.842 bits per heavy atom. The maximum absolute atomic E-state index is 3.80. The summed E-state index contributed by atoms with van der Waals surface area (Å²) in [6.07, 6.45) is 13.1. The van der Waals surface area contributed by atoms with Crippen molar-refractivity contribution in [1.29, 1.82) is 0 Å². The van der Waals surface area contributed by atoms with E-state index in [1.54, 1.807) is 0 Å². The van der Waals surface area contributed by atoms with Crippen molar-refractivity contribution in [1.82, 2.24) is 5.32 Å². The average Bonchev–Trinajstić information content (AvgIpc) is 2.60. The van der Waals surface area contributed by atoms with E-state index in [1.807, 2.05) is 0 Å². The number of nitrogens with one attached hydrogen (secondary N) is 1. The lowest BCUT2D eigenvalue weighted by atomic mass is 9.69. The van der Waals surface area contributed by atoms with E-state index in [-0.39, 0.29) is 0 Å². The number of hydrogen-bond donors (Lipinski definition) is 1. The SMILES string of the molecule is CCCNC1CCCCC(C2CC(C)CC(C)C2)C1. The monoisotopic (exact) mass is 265 g/mol. The van der Waals surface area contributed by atoms with Crippen LogP contribution in [0.2, 0.25) is 0 Å². The molecular formula is C18H35N. The van der Waals surface area contributed by atoms with Gasteiger partial charge >= 0.3 is 0 Å². The molecule has 2 saturated carbocycles. The minimum Gasteiger partial charge on any atom is -0.314 e. The van der Waals surface area contributed by atoms with Gasteiger partial charge in [0.1, 0.15) is 0 Å². The minimum absolute atomic E-state index is 0.819. The van der Waals surface area contributed by atoms with Crippen LogP contribution in [-0.2, 0) is 0 Å². The maximum atomic E-state index is 3.80. The highest BCUT2D eigenvalue weighted by atomic mass is 14.9. The Bertz CT molecular complexity index is 240. The first-order valence-electron chi connectivity index (χ1n) is 8.92. The van der Waals surface area contributed by atoms with E-state index in [0.717, 1.165) is 29.7 Å². The molecule has 0 aromatic rings. The van der Waals surface area contributed by atoms with Gasteiger partial charge in [0, 0.05) is 6.04 Å². The molecule has 19 heavy (non-hydrogen) atoms. The minimum atomic E-state index is 0.819. The molecule has 112 valence electrons.